The van der Waals surface area contributed by atoms with Crippen LogP contribution in [0, 0.1) is 17.2 Å². The number of aromatic nitrogens is 2. The molecule has 4 aromatic rings. The Morgan fingerprint density at radius 2 is 1.61 bits per heavy atom. The summed E-state index contributed by atoms with van der Waals surface area (Å²) in [7, 11) is 0. The normalized spacial score (nSPS) is 20.5. The largest absolute Gasteiger partial charge is 0.487 e. The number of nitrogens with zero attached hydrogens (tertiary/aromatic N) is 7. The molecule has 5 aliphatic rings. The van der Waals surface area contributed by atoms with Crippen molar-refractivity contribution in [1.29, 1.82) is 5.26 Å². The van der Waals surface area contributed by atoms with Gasteiger partial charge in [0, 0.05) is 67.5 Å². The van der Waals surface area contributed by atoms with E-state index in [2.05, 4.69) is 63.1 Å². The highest BCUT2D eigenvalue weighted by molar-refractivity contribution is 6.30. The Hall–Kier alpha value is -5.94. The van der Waals surface area contributed by atoms with Crippen molar-refractivity contribution in [2.45, 2.75) is 82.9 Å². The van der Waals surface area contributed by atoms with E-state index in [0.717, 1.165) is 117 Å². The lowest BCUT2D eigenvalue weighted by Gasteiger charge is -2.41. The first-order valence-corrected chi connectivity index (χ1v) is 22.8. The highest BCUT2D eigenvalue weighted by atomic mass is 35.5. The SMILES string of the molecule is CC(C)(c1ccc(OCc2ccnc(C3=CCN(C4CCN(CC5CCN(c6ccc7c(c6)C(=O)N(C6CCC(=O)NC6=O)C7=O)CC5)CC4)CC3)n2)cc1)c1cc(Cl)cc(C#N)c1. The summed E-state index contributed by atoms with van der Waals surface area (Å²) in [5.74, 6) is 0.209. The maximum Gasteiger partial charge on any atom is 0.262 e. The van der Waals surface area contributed by atoms with Crippen LogP contribution in [-0.2, 0) is 21.6 Å². The van der Waals surface area contributed by atoms with E-state index in [0.29, 0.717) is 40.3 Å². The maximum absolute atomic E-state index is 13.4. The Morgan fingerprint density at radius 3 is 2.33 bits per heavy atom. The molecule has 9 rings (SSSR count). The van der Waals surface area contributed by atoms with Crippen molar-refractivity contribution in [2.75, 3.05) is 50.7 Å². The second-order valence-electron chi connectivity index (χ2n) is 18.3. The number of amides is 4. The molecule has 0 bridgehead atoms. The molecule has 1 unspecified atom stereocenters. The highest BCUT2D eigenvalue weighted by Gasteiger charge is 2.45. The molecule has 13 nitrogen and oxygen atoms in total. The van der Waals surface area contributed by atoms with Gasteiger partial charge in [0.25, 0.3) is 11.8 Å². The lowest BCUT2D eigenvalue weighted by molar-refractivity contribution is -0.136. The van der Waals surface area contributed by atoms with Crippen molar-refractivity contribution in [1.82, 2.24) is 30.0 Å². The fourth-order valence-corrected chi connectivity index (χ4v) is 10.3. The van der Waals surface area contributed by atoms with Crippen LogP contribution in [0.4, 0.5) is 5.69 Å². The van der Waals surface area contributed by atoms with Gasteiger partial charge in [-0.2, -0.15) is 5.26 Å². The number of benzene rings is 3. The average Bonchev–Trinajstić information content (AvgIpc) is 3.56. The minimum atomic E-state index is -0.961. The monoisotopic (exact) mass is 880 g/mol. The number of carbonyl (C=O) groups is 4. The molecule has 3 saturated heterocycles. The number of hydrogen-bond acceptors (Lipinski definition) is 11. The molecule has 5 aliphatic heterocycles. The van der Waals surface area contributed by atoms with Crippen molar-refractivity contribution in [3.63, 3.8) is 0 Å². The van der Waals surface area contributed by atoms with E-state index in [4.69, 9.17) is 21.3 Å². The Morgan fingerprint density at radius 1 is 0.844 bits per heavy atom. The second kappa shape index (κ2) is 18.3. The van der Waals surface area contributed by atoms with Crippen LogP contribution >= 0.6 is 11.6 Å². The molecule has 14 heteroatoms. The zero-order valence-corrected chi connectivity index (χ0v) is 37.1. The third kappa shape index (κ3) is 9.05. The molecule has 4 amide bonds. The van der Waals surface area contributed by atoms with Gasteiger partial charge in [-0.3, -0.25) is 34.3 Å². The molecular weight excluding hydrogens is 828 g/mol. The van der Waals surface area contributed by atoms with Gasteiger partial charge in [-0.15, -0.1) is 0 Å². The predicted molar refractivity (Wildman–Crippen MR) is 243 cm³/mol. The number of hydrogen-bond donors (Lipinski definition) is 1. The number of halogens is 1. The van der Waals surface area contributed by atoms with E-state index in [9.17, 15) is 24.4 Å². The Balaban J connectivity index is 0.712. The second-order valence-corrected chi connectivity index (χ2v) is 18.7. The van der Waals surface area contributed by atoms with Gasteiger partial charge in [-0.05, 0) is 129 Å². The summed E-state index contributed by atoms with van der Waals surface area (Å²) in [6.07, 6.45) is 9.71. The lowest BCUT2D eigenvalue weighted by Crippen LogP contribution is -2.54. The van der Waals surface area contributed by atoms with Crippen LogP contribution in [-0.4, -0.2) is 106 Å². The lowest BCUT2D eigenvalue weighted by atomic mass is 9.78. The van der Waals surface area contributed by atoms with Crippen molar-refractivity contribution in [2.24, 2.45) is 5.92 Å². The van der Waals surface area contributed by atoms with Crippen LogP contribution in [0.1, 0.15) is 108 Å². The van der Waals surface area contributed by atoms with Gasteiger partial charge in [0.05, 0.1) is 28.5 Å². The Kier molecular flexibility index (Phi) is 12.4. The molecule has 1 atom stereocenters. The van der Waals surface area contributed by atoms with E-state index in [1.54, 1.807) is 18.2 Å². The number of nitrogens with one attached hydrogen (secondary N) is 1. The molecular formula is C50H53ClN8O5. The van der Waals surface area contributed by atoms with Gasteiger partial charge in [0.2, 0.25) is 11.8 Å². The van der Waals surface area contributed by atoms with Gasteiger partial charge < -0.3 is 14.5 Å². The van der Waals surface area contributed by atoms with Gasteiger partial charge in [0.1, 0.15) is 18.4 Å². The minimum Gasteiger partial charge on any atom is -0.487 e. The first kappa shape index (κ1) is 43.3. The number of likely N-dealkylation sites (tertiary alicyclic amines) is 1. The molecule has 0 radical (unpaired) electrons. The molecule has 64 heavy (non-hydrogen) atoms. The average molecular weight is 881 g/mol. The molecule has 1 N–H and O–H groups in total. The number of imide groups is 2. The van der Waals surface area contributed by atoms with E-state index in [1.807, 2.05) is 42.6 Å². The summed E-state index contributed by atoms with van der Waals surface area (Å²) in [5.41, 5.74) is 5.84. The number of rotatable bonds is 11. The summed E-state index contributed by atoms with van der Waals surface area (Å²) in [4.78, 5) is 68.7. The highest BCUT2D eigenvalue weighted by Crippen LogP contribution is 2.36. The molecule has 330 valence electrons. The van der Waals surface area contributed by atoms with E-state index < -0.39 is 23.8 Å². The fourth-order valence-electron chi connectivity index (χ4n) is 10.0. The molecule has 0 saturated carbocycles. The van der Waals surface area contributed by atoms with Crippen LogP contribution in [0.15, 0.2) is 79.0 Å². The summed E-state index contributed by atoms with van der Waals surface area (Å²) in [6, 6.07) is 22.7. The van der Waals surface area contributed by atoms with E-state index >= 15 is 0 Å². The topological polar surface area (TPSA) is 152 Å². The number of piperidine rings is 3. The first-order valence-electron chi connectivity index (χ1n) is 22.5. The molecule has 1 aromatic heterocycles. The molecule has 0 aliphatic carbocycles. The molecule has 3 fully saturated rings. The van der Waals surface area contributed by atoms with E-state index in [-0.39, 0.29) is 24.2 Å². The number of fused-ring (bicyclic) bond motifs is 1. The van der Waals surface area contributed by atoms with Crippen LogP contribution < -0.4 is 15.0 Å². The third-order valence-electron chi connectivity index (χ3n) is 13.9. The van der Waals surface area contributed by atoms with Crippen LogP contribution in [0.25, 0.3) is 5.57 Å². The van der Waals surface area contributed by atoms with Gasteiger partial charge >= 0.3 is 0 Å². The smallest absolute Gasteiger partial charge is 0.262 e. The van der Waals surface area contributed by atoms with Crippen LogP contribution in [0.5, 0.6) is 5.75 Å². The summed E-state index contributed by atoms with van der Waals surface area (Å²) >= 11 is 6.31. The van der Waals surface area contributed by atoms with Crippen LogP contribution in [0.2, 0.25) is 5.02 Å². The van der Waals surface area contributed by atoms with Gasteiger partial charge in [0.15, 0.2) is 5.82 Å². The quantitative estimate of drug-likeness (QED) is 0.159. The third-order valence-corrected chi connectivity index (χ3v) is 14.2. The van der Waals surface area contributed by atoms with Crippen molar-refractivity contribution < 1.29 is 23.9 Å². The Bertz CT molecular complexity index is 2540. The Labute approximate surface area is 379 Å². The van der Waals surface area contributed by atoms with Crippen LogP contribution in [0.3, 0.4) is 0 Å². The minimum absolute atomic E-state index is 0.101. The fraction of sp³-hybridized carbons (Fsp3) is 0.420. The number of anilines is 1. The molecule has 3 aromatic carbocycles. The van der Waals surface area contributed by atoms with Crippen molar-refractivity contribution >= 4 is 46.5 Å². The maximum atomic E-state index is 13.4. The molecule has 6 heterocycles. The van der Waals surface area contributed by atoms with Gasteiger partial charge in [-0.1, -0.05) is 43.7 Å². The van der Waals surface area contributed by atoms with E-state index in [1.165, 1.54) is 5.57 Å². The number of carbonyl (C=O) groups excluding carboxylic acids is 4. The number of nitriles is 1. The van der Waals surface area contributed by atoms with Crippen molar-refractivity contribution in [3.8, 4) is 11.8 Å². The molecule has 0 spiro atoms. The predicted octanol–water partition coefficient (Wildman–Crippen LogP) is 6.78. The zero-order valence-electron chi connectivity index (χ0n) is 36.4. The number of ether oxygens (including phenoxy) is 1. The summed E-state index contributed by atoms with van der Waals surface area (Å²) < 4.78 is 6.16. The zero-order chi connectivity index (χ0) is 44.5. The van der Waals surface area contributed by atoms with Crippen molar-refractivity contribution in [3.05, 3.63) is 123 Å². The standard InChI is InChI=1S/C50H53ClN8O5/c1-50(2,36-25-33(29-52)26-37(51)27-36)35-3-6-41(7-4-35)64-31-38-11-18-53-46(54-38)34-14-23-57(24-15-34)39-16-19-56(20-17-39)30-32-12-21-58(22-13-32)40-5-8-42-43(28-40)49(63)59(48(42)62)44-9-10-45(60)55-47(44)61/h3-8,11,14,18,25-28,32,39,44H,9-10,12-13,15-17,19-24,30-31H2,1-2H3,(H,55,60,61). The summed E-state index contributed by atoms with van der Waals surface area (Å²) in [6.45, 7) is 11.5. The first-order chi connectivity index (χ1) is 30.9. The summed E-state index contributed by atoms with van der Waals surface area (Å²) in [5, 5.41) is 12.2. The van der Waals surface area contributed by atoms with Gasteiger partial charge in [-0.25, -0.2) is 9.97 Å².